The highest BCUT2D eigenvalue weighted by Crippen LogP contribution is 2.13. The van der Waals surface area contributed by atoms with Gasteiger partial charge in [0.25, 0.3) is 0 Å². The number of aromatic nitrogens is 3. The number of hydrogen-bond donors (Lipinski definition) is 1. The second-order valence-corrected chi connectivity index (χ2v) is 5.23. The molecule has 0 atom stereocenters. The number of imidazole rings is 1. The molecule has 0 saturated heterocycles. The van der Waals surface area contributed by atoms with Crippen LogP contribution < -0.4 is 0 Å². The summed E-state index contributed by atoms with van der Waals surface area (Å²) in [4.78, 5) is 10.2. The molecule has 2 heterocycles. The maximum Gasteiger partial charge on any atom is 0.179 e. The summed E-state index contributed by atoms with van der Waals surface area (Å²) < 4.78 is 2.88. The first-order valence-electron chi connectivity index (χ1n) is 6.93. The fourth-order valence-electron chi connectivity index (χ4n) is 2.35. The number of rotatable bonds is 6. The Morgan fingerprint density at radius 1 is 1.37 bits per heavy atom. The van der Waals surface area contributed by atoms with E-state index in [0.29, 0.717) is 0 Å². The van der Waals surface area contributed by atoms with Crippen molar-refractivity contribution in [3.05, 3.63) is 22.6 Å². The van der Waals surface area contributed by atoms with Gasteiger partial charge in [-0.2, -0.15) is 0 Å². The fraction of sp³-hybridized carbons (Fsp3) is 0.571. The zero-order valence-electron chi connectivity index (χ0n) is 11.9. The number of aromatic amines is 1. The van der Waals surface area contributed by atoms with Crippen molar-refractivity contribution in [2.75, 3.05) is 19.6 Å². The van der Waals surface area contributed by atoms with Crippen molar-refractivity contribution in [1.29, 1.82) is 0 Å². The molecule has 0 aliphatic heterocycles. The molecule has 0 unspecified atom stereocenters. The van der Waals surface area contributed by atoms with Crippen LogP contribution in [0.15, 0.2) is 12.3 Å². The molecule has 104 valence electrons. The van der Waals surface area contributed by atoms with E-state index in [2.05, 4.69) is 39.3 Å². The van der Waals surface area contributed by atoms with Crippen LogP contribution >= 0.6 is 12.2 Å². The smallest absolute Gasteiger partial charge is 0.179 e. The molecule has 0 radical (unpaired) electrons. The Labute approximate surface area is 119 Å². The average molecular weight is 278 g/mol. The Balaban J connectivity index is 2.12. The lowest BCUT2D eigenvalue weighted by Crippen LogP contribution is -2.24. The van der Waals surface area contributed by atoms with E-state index in [-0.39, 0.29) is 0 Å². The van der Waals surface area contributed by atoms with Crippen LogP contribution in [0, 0.1) is 11.7 Å². The summed E-state index contributed by atoms with van der Waals surface area (Å²) in [5.74, 6) is 0. The van der Waals surface area contributed by atoms with Crippen molar-refractivity contribution in [3.63, 3.8) is 0 Å². The molecule has 0 fully saturated rings. The highest BCUT2D eigenvalue weighted by Gasteiger charge is 2.06. The third-order valence-corrected chi connectivity index (χ3v) is 3.82. The van der Waals surface area contributed by atoms with Crippen molar-refractivity contribution in [2.45, 2.75) is 33.7 Å². The van der Waals surface area contributed by atoms with Gasteiger partial charge in [0, 0.05) is 12.7 Å². The van der Waals surface area contributed by atoms with Crippen LogP contribution in [0.3, 0.4) is 0 Å². The molecule has 2 aromatic heterocycles. The van der Waals surface area contributed by atoms with E-state index >= 15 is 0 Å². The van der Waals surface area contributed by atoms with E-state index in [1.807, 2.05) is 13.1 Å². The lowest BCUT2D eigenvalue weighted by molar-refractivity contribution is 0.293. The van der Waals surface area contributed by atoms with E-state index in [0.717, 1.165) is 54.1 Å². The SMILES string of the molecule is CCN(CC)CCCn1c(=S)[nH]c2cc(C)cnc21. The van der Waals surface area contributed by atoms with E-state index < -0.39 is 0 Å². The zero-order valence-corrected chi connectivity index (χ0v) is 12.8. The normalized spacial score (nSPS) is 11.6. The van der Waals surface area contributed by atoms with Crippen LogP contribution in [0.2, 0.25) is 0 Å². The quantitative estimate of drug-likeness (QED) is 0.825. The van der Waals surface area contributed by atoms with E-state index in [1.165, 1.54) is 0 Å². The van der Waals surface area contributed by atoms with E-state index in [9.17, 15) is 0 Å². The summed E-state index contributed by atoms with van der Waals surface area (Å²) >= 11 is 5.39. The van der Waals surface area contributed by atoms with Crippen molar-refractivity contribution >= 4 is 23.4 Å². The van der Waals surface area contributed by atoms with Crippen LogP contribution in [-0.4, -0.2) is 39.1 Å². The summed E-state index contributed by atoms with van der Waals surface area (Å²) in [5.41, 5.74) is 3.15. The zero-order chi connectivity index (χ0) is 13.8. The van der Waals surface area contributed by atoms with Gasteiger partial charge in [0.15, 0.2) is 10.4 Å². The highest BCUT2D eigenvalue weighted by molar-refractivity contribution is 7.71. The Kier molecular flexibility index (Phi) is 4.71. The molecule has 0 bridgehead atoms. The maximum absolute atomic E-state index is 5.39. The minimum absolute atomic E-state index is 0.771. The minimum atomic E-state index is 0.771. The van der Waals surface area contributed by atoms with Gasteiger partial charge in [0.05, 0.1) is 5.52 Å². The summed E-state index contributed by atoms with van der Waals surface area (Å²) in [5, 5.41) is 0. The topological polar surface area (TPSA) is 36.9 Å². The van der Waals surface area contributed by atoms with Gasteiger partial charge >= 0.3 is 0 Å². The monoisotopic (exact) mass is 278 g/mol. The van der Waals surface area contributed by atoms with E-state index in [4.69, 9.17) is 12.2 Å². The fourth-order valence-corrected chi connectivity index (χ4v) is 2.64. The van der Waals surface area contributed by atoms with Crippen LogP contribution in [0.25, 0.3) is 11.2 Å². The number of H-pyrrole nitrogens is 1. The van der Waals surface area contributed by atoms with Crippen molar-refractivity contribution < 1.29 is 0 Å². The van der Waals surface area contributed by atoms with Gasteiger partial charge in [-0.05, 0) is 56.8 Å². The van der Waals surface area contributed by atoms with Crippen LogP contribution in [-0.2, 0) is 6.54 Å². The Hall–Kier alpha value is -1.20. The van der Waals surface area contributed by atoms with Crippen molar-refractivity contribution in [2.24, 2.45) is 0 Å². The third-order valence-electron chi connectivity index (χ3n) is 3.50. The van der Waals surface area contributed by atoms with E-state index in [1.54, 1.807) is 0 Å². The number of fused-ring (bicyclic) bond motifs is 1. The predicted molar refractivity (Wildman–Crippen MR) is 82.1 cm³/mol. The lowest BCUT2D eigenvalue weighted by atomic mass is 10.3. The molecule has 0 saturated carbocycles. The van der Waals surface area contributed by atoms with Crippen LogP contribution in [0.4, 0.5) is 0 Å². The molecule has 1 N–H and O–H groups in total. The molecule has 0 aliphatic rings. The third kappa shape index (κ3) is 3.22. The number of nitrogens with one attached hydrogen (secondary N) is 1. The molecule has 0 spiro atoms. The molecule has 5 heteroatoms. The molecular weight excluding hydrogens is 256 g/mol. The van der Waals surface area contributed by atoms with Gasteiger partial charge < -0.3 is 14.5 Å². The number of pyridine rings is 1. The number of hydrogen-bond acceptors (Lipinski definition) is 3. The van der Waals surface area contributed by atoms with Gasteiger partial charge in [0.2, 0.25) is 0 Å². The lowest BCUT2D eigenvalue weighted by Gasteiger charge is -2.17. The van der Waals surface area contributed by atoms with Crippen molar-refractivity contribution in [3.8, 4) is 0 Å². The summed E-state index contributed by atoms with van der Waals surface area (Å²) in [6.07, 6.45) is 2.99. The summed E-state index contributed by atoms with van der Waals surface area (Å²) in [6.45, 7) is 10.7. The first-order chi connectivity index (χ1) is 9.15. The largest absolute Gasteiger partial charge is 0.329 e. The number of aryl methyl sites for hydroxylation is 2. The molecule has 0 aliphatic carbocycles. The number of nitrogens with zero attached hydrogens (tertiary/aromatic N) is 3. The molecule has 0 aromatic carbocycles. The molecule has 0 amide bonds. The van der Waals surface area contributed by atoms with Gasteiger partial charge in [-0.1, -0.05) is 13.8 Å². The molecule has 19 heavy (non-hydrogen) atoms. The Morgan fingerprint density at radius 3 is 2.79 bits per heavy atom. The van der Waals surface area contributed by atoms with Gasteiger partial charge in [-0.25, -0.2) is 4.98 Å². The standard InChI is InChI=1S/C14H22N4S/c1-4-17(5-2)7-6-8-18-13-12(16-14(18)19)9-11(3)10-15-13/h9-10H,4-8H2,1-3H3,(H,16,19). The first-order valence-corrected chi connectivity index (χ1v) is 7.34. The van der Waals surface area contributed by atoms with Crippen LogP contribution in [0.5, 0.6) is 0 Å². The second-order valence-electron chi connectivity index (χ2n) is 4.85. The first kappa shape index (κ1) is 14.2. The molecule has 2 aromatic rings. The van der Waals surface area contributed by atoms with Crippen LogP contribution in [0.1, 0.15) is 25.8 Å². The summed E-state index contributed by atoms with van der Waals surface area (Å²) in [6, 6.07) is 2.10. The Morgan fingerprint density at radius 2 is 2.11 bits per heavy atom. The molecular formula is C14H22N4S. The highest BCUT2D eigenvalue weighted by atomic mass is 32.1. The summed E-state index contributed by atoms with van der Waals surface area (Å²) in [7, 11) is 0. The van der Waals surface area contributed by atoms with Gasteiger partial charge in [-0.3, -0.25) is 0 Å². The molecule has 4 nitrogen and oxygen atoms in total. The maximum atomic E-state index is 5.39. The van der Waals surface area contributed by atoms with Gasteiger partial charge in [0.1, 0.15) is 0 Å². The molecule has 2 rings (SSSR count). The Bertz CT molecular complexity index is 595. The second kappa shape index (κ2) is 6.30. The van der Waals surface area contributed by atoms with Crippen molar-refractivity contribution in [1.82, 2.24) is 19.4 Å². The average Bonchev–Trinajstić information content (AvgIpc) is 2.70. The predicted octanol–water partition coefficient (Wildman–Crippen LogP) is 3.13. The minimum Gasteiger partial charge on any atom is -0.329 e. The van der Waals surface area contributed by atoms with Gasteiger partial charge in [-0.15, -0.1) is 0 Å².